The number of benzene rings is 2. The van der Waals surface area contributed by atoms with Crippen molar-refractivity contribution in [2.75, 3.05) is 7.05 Å². The Balaban J connectivity index is 0.000000861. The van der Waals surface area contributed by atoms with Gasteiger partial charge in [0.05, 0.1) is 0 Å². The number of hydrogen-bond acceptors (Lipinski definition) is 3. The van der Waals surface area contributed by atoms with E-state index in [9.17, 15) is 9.18 Å². The highest BCUT2D eigenvalue weighted by atomic mass is 19.1. The minimum absolute atomic E-state index is 0.111. The van der Waals surface area contributed by atoms with Crippen molar-refractivity contribution in [3.63, 3.8) is 0 Å². The van der Waals surface area contributed by atoms with Crippen LogP contribution in [0.2, 0.25) is 0 Å². The summed E-state index contributed by atoms with van der Waals surface area (Å²) in [5, 5.41) is 0. The number of aldehydes is 1. The van der Waals surface area contributed by atoms with Crippen molar-refractivity contribution >= 4 is 6.29 Å². The average Bonchev–Trinajstić information content (AvgIpc) is 2.45. The van der Waals surface area contributed by atoms with Gasteiger partial charge in [-0.3, -0.25) is 4.79 Å². The molecule has 2 aromatic carbocycles. The van der Waals surface area contributed by atoms with E-state index in [1.54, 1.807) is 12.1 Å². The zero-order valence-electron chi connectivity index (χ0n) is 10.9. The molecular weight excluding hydrogens is 245 g/mol. The predicted molar refractivity (Wildman–Crippen MR) is 73.2 cm³/mol. The summed E-state index contributed by atoms with van der Waals surface area (Å²) >= 11 is 0. The van der Waals surface area contributed by atoms with Crippen LogP contribution < -0.4 is 10.5 Å². The van der Waals surface area contributed by atoms with Gasteiger partial charge in [-0.2, -0.15) is 0 Å². The molecule has 0 aromatic heterocycles. The lowest BCUT2D eigenvalue weighted by Gasteiger charge is -2.07. The van der Waals surface area contributed by atoms with Gasteiger partial charge in [0.25, 0.3) is 0 Å². The maximum Gasteiger partial charge on any atom is 0.166 e. The van der Waals surface area contributed by atoms with E-state index in [-0.39, 0.29) is 5.75 Å². The summed E-state index contributed by atoms with van der Waals surface area (Å²) in [6, 6.07) is 11.4. The molecule has 0 aliphatic carbocycles. The third kappa shape index (κ3) is 4.19. The normalized spacial score (nSPS) is 9.26. The summed E-state index contributed by atoms with van der Waals surface area (Å²) in [5.41, 5.74) is 5.90. The van der Waals surface area contributed by atoms with Crippen LogP contribution in [0.15, 0.2) is 42.5 Å². The fraction of sp³-hybridized carbons (Fsp3) is 0.133. The summed E-state index contributed by atoms with van der Waals surface area (Å²) in [4.78, 5) is 10.5. The lowest BCUT2D eigenvalue weighted by molar-refractivity contribution is 0.112. The van der Waals surface area contributed by atoms with Crippen LogP contribution in [0.4, 0.5) is 4.39 Å². The number of nitrogens with two attached hydrogens (primary N) is 1. The van der Waals surface area contributed by atoms with Crippen LogP contribution in [0.5, 0.6) is 11.5 Å². The quantitative estimate of drug-likeness (QED) is 0.862. The molecule has 0 aliphatic heterocycles. The van der Waals surface area contributed by atoms with Gasteiger partial charge in [0.1, 0.15) is 12.0 Å². The molecule has 0 bridgehead atoms. The molecule has 2 N–H and O–H groups in total. The molecule has 0 fully saturated rings. The maximum absolute atomic E-state index is 13.5. The Morgan fingerprint density at radius 2 is 1.74 bits per heavy atom. The van der Waals surface area contributed by atoms with E-state index in [1.807, 2.05) is 19.1 Å². The molecule has 2 rings (SSSR count). The van der Waals surface area contributed by atoms with Crippen LogP contribution in [-0.4, -0.2) is 13.3 Å². The molecule has 0 heterocycles. The molecule has 2 aromatic rings. The van der Waals surface area contributed by atoms with E-state index < -0.39 is 5.82 Å². The summed E-state index contributed by atoms with van der Waals surface area (Å²) in [6.45, 7) is 1.96. The summed E-state index contributed by atoms with van der Waals surface area (Å²) < 4.78 is 18.9. The Hall–Kier alpha value is -2.20. The molecule has 100 valence electrons. The fourth-order valence-corrected chi connectivity index (χ4v) is 1.41. The second-order valence-electron chi connectivity index (χ2n) is 3.72. The second-order valence-corrected chi connectivity index (χ2v) is 3.72. The Labute approximate surface area is 111 Å². The highest BCUT2D eigenvalue weighted by molar-refractivity contribution is 5.75. The molecule has 3 nitrogen and oxygen atoms in total. The standard InChI is InChI=1S/C14H11FO2.CH5N/c1-10-2-5-12(6-3-10)17-14-7-4-11(9-16)8-13(14)15;1-2/h2-9H,1H3;2H2,1H3. The Kier molecular flexibility index (Phi) is 5.70. The smallest absolute Gasteiger partial charge is 0.166 e. The van der Waals surface area contributed by atoms with E-state index in [4.69, 9.17) is 4.74 Å². The van der Waals surface area contributed by atoms with Crippen molar-refractivity contribution < 1.29 is 13.9 Å². The SMILES string of the molecule is CN.Cc1ccc(Oc2ccc(C=O)cc2F)cc1. The molecule has 19 heavy (non-hydrogen) atoms. The lowest BCUT2D eigenvalue weighted by Crippen LogP contribution is -1.90. The largest absolute Gasteiger partial charge is 0.454 e. The van der Waals surface area contributed by atoms with Gasteiger partial charge in [-0.15, -0.1) is 0 Å². The highest BCUT2D eigenvalue weighted by Gasteiger charge is 2.05. The maximum atomic E-state index is 13.5. The van der Waals surface area contributed by atoms with Crippen molar-refractivity contribution in [3.8, 4) is 11.5 Å². The van der Waals surface area contributed by atoms with Crippen LogP contribution in [0.3, 0.4) is 0 Å². The predicted octanol–water partition coefficient (Wildman–Crippen LogP) is 3.31. The molecule has 0 amide bonds. The molecule has 0 unspecified atom stereocenters. The van der Waals surface area contributed by atoms with Crippen LogP contribution in [-0.2, 0) is 0 Å². The first-order valence-corrected chi connectivity index (χ1v) is 5.76. The highest BCUT2D eigenvalue weighted by Crippen LogP contribution is 2.24. The van der Waals surface area contributed by atoms with E-state index in [1.165, 1.54) is 19.2 Å². The number of carbonyl (C=O) groups is 1. The Bertz CT molecular complexity index is 538. The molecule has 0 radical (unpaired) electrons. The van der Waals surface area contributed by atoms with Crippen LogP contribution in [0, 0.1) is 12.7 Å². The van der Waals surface area contributed by atoms with Crippen LogP contribution >= 0.6 is 0 Å². The molecular formula is C15H16FNO2. The lowest BCUT2D eigenvalue weighted by atomic mass is 10.2. The summed E-state index contributed by atoms with van der Waals surface area (Å²) in [6.07, 6.45) is 0.596. The molecule has 0 spiro atoms. The second kappa shape index (κ2) is 7.28. The van der Waals surface area contributed by atoms with E-state index in [0.717, 1.165) is 11.6 Å². The first-order valence-electron chi connectivity index (χ1n) is 5.76. The molecule has 0 aliphatic rings. The van der Waals surface area contributed by atoms with Gasteiger partial charge >= 0.3 is 0 Å². The number of hydrogen-bond donors (Lipinski definition) is 1. The number of rotatable bonds is 3. The Morgan fingerprint density at radius 3 is 2.26 bits per heavy atom. The van der Waals surface area contributed by atoms with Gasteiger partial charge < -0.3 is 10.5 Å². The zero-order chi connectivity index (χ0) is 14.3. The van der Waals surface area contributed by atoms with Crippen molar-refractivity contribution in [1.29, 1.82) is 0 Å². The topological polar surface area (TPSA) is 52.3 Å². The number of carbonyl (C=O) groups excluding carboxylic acids is 1. The van der Waals surface area contributed by atoms with Gasteiger partial charge in [-0.25, -0.2) is 4.39 Å². The van der Waals surface area contributed by atoms with Gasteiger partial charge in [-0.1, -0.05) is 17.7 Å². The number of halogens is 1. The first-order chi connectivity index (χ1) is 9.19. The summed E-state index contributed by atoms with van der Waals surface area (Å²) in [5.74, 6) is 0.128. The fourth-order valence-electron chi connectivity index (χ4n) is 1.41. The first kappa shape index (κ1) is 14.9. The number of ether oxygens (including phenoxy) is 1. The number of aryl methyl sites for hydroxylation is 1. The monoisotopic (exact) mass is 261 g/mol. The molecule has 0 atom stereocenters. The average molecular weight is 261 g/mol. The van der Waals surface area contributed by atoms with E-state index in [0.29, 0.717) is 17.6 Å². The van der Waals surface area contributed by atoms with Gasteiger partial charge in [-0.05, 0) is 44.3 Å². The zero-order valence-corrected chi connectivity index (χ0v) is 10.9. The van der Waals surface area contributed by atoms with Gasteiger partial charge in [0.2, 0.25) is 0 Å². The van der Waals surface area contributed by atoms with Crippen molar-refractivity contribution in [2.45, 2.75) is 6.92 Å². The minimum atomic E-state index is -0.546. The molecule has 0 saturated carbocycles. The van der Waals surface area contributed by atoms with Crippen molar-refractivity contribution in [1.82, 2.24) is 0 Å². The van der Waals surface area contributed by atoms with Gasteiger partial charge in [0, 0.05) is 5.56 Å². The van der Waals surface area contributed by atoms with Crippen LogP contribution in [0.25, 0.3) is 0 Å². The Morgan fingerprint density at radius 1 is 1.11 bits per heavy atom. The third-order valence-corrected chi connectivity index (χ3v) is 2.34. The van der Waals surface area contributed by atoms with Gasteiger partial charge in [0.15, 0.2) is 11.6 Å². The van der Waals surface area contributed by atoms with E-state index >= 15 is 0 Å². The van der Waals surface area contributed by atoms with E-state index in [2.05, 4.69) is 5.73 Å². The third-order valence-electron chi connectivity index (χ3n) is 2.34. The molecule has 4 heteroatoms. The minimum Gasteiger partial charge on any atom is -0.454 e. The summed E-state index contributed by atoms with van der Waals surface area (Å²) in [7, 11) is 1.50. The molecule has 0 saturated heterocycles. The van der Waals surface area contributed by atoms with Crippen molar-refractivity contribution in [2.24, 2.45) is 5.73 Å². The van der Waals surface area contributed by atoms with Crippen molar-refractivity contribution in [3.05, 3.63) is 59.4 Å². The van der Waals surface area contributed by atoms with Crippen LogP contribution in [0.1, 0.15) is 15.9 Å².